The highest BCUT2D eigenvalue weighted by atomic mass is 32.1. The van der Waals surface area contributed by atoms with Crippen LogP contribution in [0, 0.1) is 0 Å². The number of nitrogens with one attached hydrogen (secondary N) is 1. The van der Waals surface area contributed by atoms with Crippen LogP contribution in [0.2, 0.25) is 0 Å². The number of anilines is 2. The Kier molecular flexibility index (Phi) is 6.05. The van der Waals surface area contributed by atoms with E-state index < -0.39 is 0 Å². The Morgan fingerprint density at radius 3 is 2.71 bits per heavy atom. The van der Waals surface area contributed by atoms with Crippen LogP contribution < -0.4 is 10.2 Å². The summed E-state index contributed by atoms with van der Waals surface area (Å²) in [5, 5.41) is 4.78. The van der Waals surface area contributed by atoms with E-state index in [-0.39, 0.29) is 5.60 Å². The minimum atomic E-state index is -0.193. The summed E-state index contributed by atoms with van der Waals surface area (Å²) in [6.45, 7) is 12.6. The standard InChI is InChI=1S/C25H34N6O2S/c1-25(2)14-17-18(15-33-25)23(31-7-4-3-5-8-31)29-24-19(17)20-21(34-24)22(28-16-27-20)26-6-9-30-10-12-32-13-11-30/h16H,3-15H2,1-2H3,(H,26,27,28). The molecule has 6 rings (SSSR count). The summed E-state index contributed by atoms with van der Waals surface area (Å²) in [6.07, 6.45) is 6.34. The average molecular weight is 483 g/mol. The van der Waals surface area contributed by atoms with Gasteiger partial charge < -0.3 is 19.7 Å². The summed E-state index contributed by atoms with van der Waals surface area (Å²) < 4.78 is 12.8. The van der Waals surface area contributed by atoms with Gasteiger partial charge in [-0.1, -0.05) is 0 Å². The lowest BCUT2D eigenvalue weighted by Gasteiger charge is -2.36. The van der Waals surface area contributed by atoms with Gasteiger partial charge in [-0.05, 0) is 38.7 Å². The highest BCUT2D eigenvalue weighted by molar-refractivity contribution is 7.26. The third-order valence-electron chi connectivity index (χ3n) is 7.29. The van der Waals surface area contributed by atoms with Crippen LogP contribution in [0.25, 0.3) is 20.4 Å². The maximum absolute atomic E-state index is 6.27. The zero-order valence-electron chi connectivity index (χ0n) is 20.2. The maximum Gasteiger partial charge on any atom is 0.147 e. The van der Waals surface area contributed by atoms with Gasteiger partial charge in [-0.25, -0.2) is 15.0 Å². The first kappa shape index (κ1) is 22.4. The van der Waals surface area contributed by atoms with E-state index in [9.17, 15) is 0 Å². The van der Waals surface area contributed by atoms with E-state index in [4.69, 9.17) is 19.4 Å². The predicted molar refractivity (Wildman–Crippen MR) is 137 cm³/mol. The molecule has 2 saturated heterocycles. The van der Waals surface area contributed by atoms with Crippen LogP contribution in [-0.4, -0.2) is 77.9 Å². The average Bonchev–Trinajstić information content (AvgIpc) is 3.24. The minimum Gasteiger partial charge on any atom is -0.379 e. The van der Waals surface area contributed by atoms with Gasteiger partial charge in [-0.3, -0.25) is 4.90 Å². The zero-order chi connectivity index (χ0) is 23.1. The van der Waals surface area contributed by atoms with Gasteiger partial charge in [0.15, 0.2) is 0 Å². The highest BCUT2D eigenvalue weighted by Gasteiger charge is 2.33. The van der Waals surface area contributed by atoms with Crippen LogP contribution >= 0.6 is 11.3 Å². The van der Waals surface area contributed by atoms with Crippen molar-refractivity contribution >= 4 is 43.4 Å². The Labute approximate surface area is 204 Å². The molecular weight excluding hydrogens is 448 g/mol. The molecule has 2 fully saturated rings. The Balaban J connectivity index is 1.39. The number of hydrogen-bond donors (Lipinski definition) is 1. The molecule has 0 saturated carbocycles. The van der Waals surface area contributed by atoms with Gasteiger partial charge in [-0.2, -0.15) is 0 Å². The molecule has 9 heteroatoms. The quantitative estimate of drug-likeness (QED) is 0.588. The molecule has 0 bridgehead atoms. The molecular formula is C25H34N6O2S. The van der Waals surface area contributed by atoms with Crippen molar-refractivity contribution in [2.45, 2.75) is 51.7 Å². The number of ether oxygens (including phenoxy) is 2. The summed E-state index contributed by atoms with van der Waals surface area (Å²) in [5.74, 6) is 2.04. The Morgan fingerprint density at radius 2 is 1.88 bits per heavy atom. The highest BCUT2D eigenvalue weighted by Crippen LogP contribution is 2.44. The second-order valence-corrected chi connectivity index (χ2v) is 11.2. The van der Waals surface area contributed by atoms with Gasteiger partial charge >= 0.3 is 0 Å². The second kappa shape index (κ2) is 9.18. The molecule has 3 aromatic rings. The first-order valence-electron chi connectivity index (χ1n) is 12.6. The molecule has 34 heavy (non-hydrogen) atoms. The van der Waals surface area contributed by atoms with Crippen molar-refractivity contribution in [1.82, 2.24) is 19.9 Å². The number of aromatic nitrogens is 3. The van der Waals surface area contributed by atoms with E-state index in [0.29, 0.717) is 6.61 Å². The molecule has 1 N–H and O–H groups in total. The van der Waals surface area contributed by atoms with Crippen molar-refractivity contribution in [3.05, 3.63) is 17.5 Å². The Morgan fingerprint density at radius 1 is 1.06 bits per heavy atom. The fourth-order valence-electron chi connectivity index (χ4n) is 5.44. The predicted octanol–water partition coefficient (Wildman–Crippen LogP) is 3.83. The van der Waals surface area contributed by atoms with Crippen LogP contribution in [-0.2, 0) is 22.5 Å². The lowest BCUT2D eigenvalue weighted by molar-refractivity contribution is -0.0395. The summed E-state index contributed by atoms with van der Waals surface area (Å²) >= 11 is 1.73. The fourth-order valence-corrected chi connectivity index (χ4v) is 6.56. The molecule has 0 radical (unpaired) electrons. The van der Waals surface area contributed by atoms with Crippen LogP contribution in [0.3, 0.4) is 0 Å². The number of pyridine rings is 1. The number of piperidine rings is 1. The van der Waals surface area contributed by atoms with Gasteiger partial charge in [0.05, 0.1) is 35.6 Å². The number of hydrogen-bond acceptors (Lipinski definition) is 9. The van der Waals surface area contributed by atoms with Gasteiger partial charge in [0.2, 0.25) is 0 Å². The van der Waals surface area contributed by atoms with Gasteiger partial charge in [0, 0.05) is 56.6 Å². The SMILES string of the molecule is CC1(C)Cc2c(c(N3CCCCC3)nc3sc4c(NCCN5CCOCC5)ncnc4c23)CO1. The van der Waals surface area contributed by atoms with E-state index in [1.165, 1.54) is 35.8 Å². The fraction of sp³-hybridized carbons (Fsp3) is 0.640. The van der Waals surface area contributed by atoms with Crippen LogP contribution in [0.5, 0.6) is 0 Å². The maximum atomic E-state index is 6.27. The topological polar surface area (TPSA) is 75.6 Å². The number of fused-ring (bicyclic) bond motifs is 5. The van der Waals surface area contributed by atoms with Crippen LogP contribution in [0.4, 0.5) is 11.6 Å². The van der Waals surface area contributed by atoms with Gasteiger partial charge in [0.25, 0.3) is 0 Å². The van der Waals surface area contributed by atoms with E-state index in [0.717, 1.165) is 85.6 Å². The normalized spacial score (nSPS) is 21.2. The number of nitrogens with zero attached hydrogens (tertiary/aromatic N) is 5. The monoisotopic (exact) mass is 482 g/mol. The number of rotatable bonds is 5. The van der Waals surface area contributed by atoms with E-state index in [2.05, 4.69) is 33.9 Å². The van der Waals surface area contributed by atoms with Gasteiger partial charge in [-0.15, -0.1) is 11.3 Å². The third-order valence-corrected chi connectivity index (χ3v) is 8.37. The van der Waals surface area contributed by atoms with E-state index >= 15 is 0 Å². The second-order valence-electron chi connectivity index (χ2n) is 10.2. The first-order chi connectivity index (χ1) is 16.6. The van der Waals surface area contributed by atoms with Crippen molar-refractivity contribution in [2.75, 3.05) is 62.7 Å². The minimum absolute atomic E-state index is 0.193. The van der Waals surface area contributed by atoms with Crippen molar-refractivity contribution in [2.24, 2.45) is 0 Å². The van der Waals surface area contributed by atoms with Gasteiger partial charge in [0.1, 0.15) is 22.8 Å². The molecule has 8 nitrogen and oxygen atoms in total. The zero-order valence-corrected chi connectivity index (χ0v) is 21.0. The van der Waals surface area contributed by atoms with Crippen LogP contribution in [0.1, 0.15) is 44.2 Å². The molecule has 0 aromatic carbocycles. The molecule has 0 aliphatic carbocycles. The van der Waals surface area contributed by atoms with Crippen molar-refractivity contribution < 1.29 is 9.47 Å². The number of thiophene rings is 1. The molecule has 0 amide bonds. The van der Waals surface area contributed by atoms with Crippen LogP contribution in [0.15, 0.2) is 6.33 Å². The Bertz CT molecular complexity index is 1180. The summed E-state index contributed by atoms with van der Waals surface area (Å²) in [6, 6.07) is 0. The van der Waals surface area contributed by atoms with E-state index in [1.807, 2.05) is 0 Å². The van der Waals surface area contributed by atoms with Crippen molar-refractivity contribution in [3.8, 4) is 0 Å². The van der Waals surface area contributed by atoms with Crippen molar-refractivity contribution in [1.29, 1.82) is 0 Å². The Hall–Kier alpha value is -2.07. The molecule has 0 atom stereocenters. The molecule has 182 valence electrons. The first-order valence-corrected chi connectivity index (χ1v) is 13.4. The summed E-state index contributed by atoms with van der Waals surface area (Å²) in [4.78, 5) is 20.6. The lowest BCUT2D eigenvalue weighted by Crippen LogP contribution is -2.39. The summed E-state index contributed by atoms with van der Waals surface area (Å²) in [5.41, 5.74) is 3.46. The smallest absolute Gasteiger partial charge is 0.147 e. The van der Waals surface area contributed by atoms with Crippen molar-refractivity contribution in [3.63, 3.8) is 0 Å². The molecule has 6 heterocycles. The largest absolute Gasteiger partial charge is 0.379 e. The van der Waals surface area contributed by atoms with E-state index in [1.54, 1.807) is 17.7 Å². The molecule has 0 unspecified atom stereocenters. The molecule has 0 spiro atoms. The third kappa shape index (κ3) is 4.23. The molecule has 3 aliphatic rings. The molecule has 3 aliphatic heterocycles. The summed E-state index contributed by atoms with van der Waals surface area (Å²) in [7, 11) is 0. The number of morpholine rings is 1. The molecule has 3 aromatic heterocycles. The lowest BCUT2D eigenvalue weighted by atomic mass is 9.90.